The lowest BCUT2D eigenvalue weighted by molar-refractivity contribution is -0.138. The Morgan fingerprint density at radius 2 is 2.06 bits per heavy atom. The first kappa shape index (κ1) is 23.3. The van der Waals surface area contributed by atoms with Crippen LogP contribution in [-0.4, -0.2) is 48.3 Å². The Morgan fingerprint density at radius 1 is 1.25 bits per heavy atom. The fourth-order valence-corrected chi connectivity index (χ4v) is 6.18. The summed E-state index contributed by atoms with van der Waals surface area (Å²) in [4.78, 5) is 41.3. The molecule has 9 nitrogen and oxygen atoms in total. The molecule has 3 atom stereocenters. The highest BCUT2D eigenvalue weighted by atomic mass is 79.9. The molecule has 3 aromatic heterocycles. The molecule has 0 unspecified atom stereocenters. The third kappa shape index (κ3) is 3.65. The number of nitrogens with two attached hydrogens (primary N) is 1. The summed E-state index contributed by atoms with van der Waals surface area (Å²) in [5, 5.41) is 3.82. The van der Waals surface area contributed by atoms with Crippen LogP contribution < -0.4 is 11.1 Å². The molecule has 36 heavy (non-hydrogen) atoms. The average Bonchev–Trinajstić information content (AvgIpc) is 3.21. The van der Waals surface area contributed by atoms with Gasteiger partial charge in [-0.25, -0.2) is 19.3 Å². The second kappa shape index (κ2) is 8.20. The van der Waals surface area contributed by atoms with E-state index in [1.807, 2.05) is 0 Å². The number of rotatable bonds is 4. The molecule has 2 amide bonds. The van der Waals surface area contributed by atoms with Gasteiger partial charge in [-0.15, -0.1) is 0 Å². The minimum absolute atomic E-state index is 0.0528. The van der Waals surface area contributed by atoms with E-state index in [0.717, 1.165) is 6.42 Å². The Morgan fingerprint density at radius 3 is 2.83 bits per heavy atom. The van der Waals surface area contributed by atoms with Crippen LogP contribution in [0.3, 0.4) is 0 Å². The number of halogens is 3. The maximum Gasteiger partial charge on any atom is 0.248 e. The molecule has 0 bridgehead atoms. The molecule has 2 fully saturated rings. The van der Waals surface area contributed by atoms with Crippen LogP contribution in [0.5, 0.6) is 0 Å². The molecule has 0 radical (unpaired) electrons. The lowest BCUT2D eigenvalue weighted by Gasteiger charge is -2.27. The Bertz CT molecular complexity index is 1590. The van der Waals surface area contributed by atoms with E-state index in [4.69, 9.17) is 5.73 Å². The zero-order valence-corrected chi connectivity index (χ0v) is 22.2. The number of fused-ring (bicyclic) bond motifs is 4. The first-order valence-corrected chi connectivity index (χ1v) is 12.9. The standard InChI is InChI=1S/C24H20Br2FN7O2/c1-24-7-14(23(36)32-17-4-2-3-16(26)31-17)34(15(24)8-24)18(35)9-33-20-12(5-11(25)6-13(20)27)19-21(28)29-10-30-22(19)33/h2-6,10,14-15H,7-9H2,1H3,(H2,28,29,30)(H,31,32,36)/t14-,15+,24-/m0/s1. The fourth-order valence-electron chi connectivity index (χ4n) is 5.41. The summed E-state index contributed by atoms with van der Waals surface area (Å²) < 4.78 is 17.8. The fraction of sp³-hybridized carbons (Fsp3) is 0.292. The van der Waals surface area contributed by atoms with Gasteiger partial charge in [0, 0.05) is 15.9 Å². The second-order valence-corrected chi connectivity index (χ2v) is 11.3. The quantitative estimate of drug-likeness (QED) is 0.331. The van der Waals surface area contributed by atoms with Crippen molar-refractivity contribution in [1.82, 2.24) is 24.4 Å². The Labute approximate surface area is 221 Å². The van der Waals surface area contributed by atoms with Crippen LogP contribution in [-0.2, 0) is 16.1 Å². The summed E-state index contributed by atoms with van der Waals surface area (Å²) in [6.45, 7) is 1.88. The molecule has 1 aliphatic heterocycles. The number of nitrogens with one attached hydrogen (secondary N) is 1. The van der Waals surface area contributed by atoms with Gasteiger partial charge in [0.1, 0.15) is 46.6 Å². The molecule has 1 aromatic carbocycles. The maximum absolute atomic E-state index is 15.2. The van der Waals surface area contributed by atoms with Crippen molar-refractivity contribution in [1.29, 1.82) is 0 Å². The van der Waals surface area contributed by atoms with E-state index in [0.29, 0.717) is 37.7 Å². The molecule has 0 spiro atoms. The summed E-state index contributed by atoms with van der Waals surface area (Å²) in [5.74, 6) is -0.511. The van der Waals surface area contributed by atoms with E-state index in [9.17, 15) is 9.59 Å². The Kier molecular flexibility index (Phi) is 5.31. The van der Waals surface area contributed by atoms with E-state index >= 15 is 4.39 Å². The number of pyridine rings is 1. The monoisotopic (exact) mass is 615 g/mol. The molecule has 3 N–H and O–H groups in total. The molecule has 6 rings (SSSR count). The molecular formula is C24H20Br2FN7O2. The van der Waals surface area contributed by atoms with Gasteiger partial charge in [0.05, 0.1) is 10.9 Å². The third-order valence-corrected chi connectivity index (χ3v) is 8.06. The van der Waals surface area contributed by atoms with Crippen molar-refractivity contribution in [3.63, 3.8) is 0 Å². The summed E-state index contributed by atoms with van der Waals surface area (Å²) in [5.41, 5.74) is 6.58. The number of carbonyl (C=O) groups excluding carboxylic acids is 2. The minimum Gasteiger partial charge on any atom is -0.383 e. The first-order valence-electron chi connectivity index (χ1n) is 11.3. The van der Waals surface area contributed by atoms with Gasteiger partial charge in [-0.05, 0) is 58.5 Å². The zero-order valence-electron chi connectivity index (χ0n) is 19.0. The average molecular weight is 617 g/mol. The van der Waals surface area contributed by atoms with Crippen LogP contribution in [0.1, 0.15) is 19.8 Å². The smallest absolute Gasteiger partial charge is 0.248 e. The molecule has 2 aliphatic rings. The van der Waals surface area contributed by atoms with E-state index in [2.05, 4.69) is 59.1 Å². The van der Waals surface area contributed by atoms with Crippen LogP contribution in [0.4, 0.5) is 16.0 Å². The number of piperidine rings is 1. The molecule has 184 valence electrons. The van der Waals surface area contributed by atoms with Crippen molar-refractivity contribution < 1.29 is 14.0 Å². The summed E-state index contributed by atoms with van der Waals surface area (Å²) >= 11 is 6.62. The SMILES string of the molecule is C[C@@]12C[C@@H](C(=O)Nc3cccc(Br)n3)N(C(=O)Cn3c4ncnc(N)c4c4cc(Br)cc(F)c43)[C@@H]1C2. The first-order chi connectivity index (χ1) is 17.2. The van der Waals surface area contributed by atoms with Crippen LogP contribution in [0.2, 0.25) is 0 Å². The van der Waals surface area contributed by atoms with Gasteiger partial charge in [0.2, 0.25) is 11.8 Å². The number of amides is 2. The van der Waals surface area contributed by atoms with Crippen LogP contribution in [0.25, 0.3) is 21.9 Å². The topological polar surface area (TPSA) is 119 Å². The maximum atomic E-state index is 15.2. The number of nitrogen functional groups attached to an aromatic ring is 1. The highest BCUT2D eigenvalue weighted by molar-refractivity contribution is 9.10. The van der Waals surface area contributed by atoms with Crippen molar-refractivity contribution in [2.45, 2.75) is 38.4 Å². The van der Waals surface area contributed by atoms with Gasteiger partial charge >= 0.3 is 0 Å². The predicted octanol–water partition coefficient (Wildman–Crippen LogP) is 4.24. The van der Waals surface area contributed by atoms with Gasteiger partial charge in [-0.2, -0.15) is 0 Å². The van der Waals surface area contributed by atoms with Crippen LogP contribution >= 0.6 is 31.9 Å². The van der Waals surface area contributed by atoms with E-state index < -0.39 is 11.9 Å². The largest absolute Gasteiger partial charge is 0.383 e. The van der Waals surface area contributed by atoms with E-state index in [1.165, 1.54) is 17.0 Å². The van der Waals surface area contributed by atoms with E-state index in [1.54, 1.807) is 29.2 Å². The zero-order chi connectivity index (χ0) is 25.4. The van der Waals surface area contributed by atoms with Gasteiger partial charge in [0.15, 0.2) is 0 Å². The van der Waals surface area contributed by atoms with Crippen molar-refractivity contribution in [3.8, 4) is 0 Å². The molecule has 12 heteroatoms. The van der Waals surface area contributed by atoms with Crippen LogP contribution in [0, 0.1) is 11.2 Å². The summed E-state index contributed by atoms with van der Waals surface area (Å²) in [7, 11) is 0. The number of likely N-dealkylation sites (tertiary alicyclic amines) is 1. The number of benzene rings is 1. The molecular weight excluding hydrogens is 597 g/mol. The lowest BCUT2D eigenvalue weighted by Crippen LogP contribution is -2.46. The summed E-state index contributed by atoms with van der Waals surface area (Å²) in [6.07, 6.45) is 2.66. The van der Waals surface area contributed by atoms with Crippen molar-refractivity contribution >= 4 is 77.2 Å². The normalized spacial score (nSPS) is 22.7. The lowest BCUT2D eigenvalue weighted by atomic mass is 10.0. The van der Waals surface area contributed by atoms with Gasteiger partial charge in [0.25, 0.3) is 0 Å². The minimum atomic E-state index is -0.659. The van der Waals surface area contributed by atoms with Crippen molar-refractivity contribution in [2.24, 2.45) is 5.41 Å². The third-order valence-electron chi connectivity index (χ3n) is 7.17. The Balaban J connectivity index is 1.37. The second-order valence-electron chi connectivity index (χ2n) is 9.56. The molecule has 1 saturated heterocycles. The Hall–Kier alpha value is -3.12. The number of carbonyl (C=O) groups is 2. The molecule has 1 aliphatic carbocycles. The number of aromatic nitrogens is 4. The van der Waals surface area contributed by atoms with Crippen molar-refractivity contribution in [3.05, 3.63) is 51.6 Å². The molecule has 4 aromatic rings. The van der Waals surface area contributed by atoms with Crippen LogP contribution in [0.15, 0.2) is 45.7 Å². The summed E-state index contributed by atoms with van der Waals surface area (Å²) in [6, 6.07) is 7.58. The van der Waals surface area contributed by atoms with E-state index in [-0.39, 0.29) is 41.2 Å². The highest BCUT2D eigenvalue weighted by Gasteiger charge is 2.64. The van der Waals surface area contributed by atoms with Gasteiger partial charge < -0.3 is 20.5 Å². The predicted molar refractivity (Wildman–Crippen MR) is 139 cm³/mol. The molecule has 1 saturated carbocycles. The number of nitrogens with zero attached hydrogens (tertiary/aromatic N) is 5. The number of hydrogen-bond acceptors (Lipinski definition) is 6. The molecule has 4 heterocycles. The number of hydrogen-bond donors (Lipinski definition) is 2. The van der Waals surface area contributed by atoms with Gasteiger partial charge in [-0.1, -0.05) is 28.9 Å². The van der Waals surface area contributed by atoms with Gasteiger partial charge in [-0.3, -0.25) is 9.59 Å². The number of anilines is 2. The van der Waals surface area contributed by atoms with Crippen molar-refractivity contribution in [2.75, 3.05) is 11.1 Å². The highest BCUT2D eigenvalue weighted by Crippen LogP contribution is 2.59.